The van der Waals surface area contributed by atoms with Crippen LogP contribution in [-0.2, 0) is 4.79 Å². The molecule has 24 heavy (non-hydrogen) atoms. The van der Waals surface area contributed by atoms with Gasteiger partial charge in [0.2, 0.25) is 0 Å². The maximum atomic E-state index is 12.4. The van der Waals surface area contributed by atoms with E-state index in [-0.39, 0.29) is 11.5 Å². The van der Waals surface area contributed by atoms with Crippen LogP contribution in [0.3, 0.4) is 0 Å². The molecule has 0 aromatic heterocycles. The van der Waals surface area contributed by atoms with E-state index >= 15 is 0 Å². The zero-order valence-electron chi connectivity index (χ0n) is 13.6. The molecular weight excluding hydrogens is 302 g/mol. The van der Waals surface area contributed by atoms with Gasteiger partial charge in [0.1, 0.15) is 0 Å². The van der Waals surface area contributed by atoms with Crippen LogP contribution in [0.15, 0.2) is 46.6 Å². The van der Waals surface area contributed by atoms with Crippen molar-refractivity contribution in [1.82, 2.24) is 0 Å². The number of fused-ring (bicyclic) bond motifs is 1. The van der Waals surface area contributed by atoms with E-state index in [4.69, 9.17) is 0 Å². The summed E-state index contributed by atoms with van der Waals surface area (Å²) < 4.78 is 0. The van der Waals surface area contributed by atoms with E-state index in [2.05, 4.69) is 12.2 Å². The van der Waals surface area contributed by atoms with Gasteiger partial charge in [-0.2, -0.15) is 0 Å². The molecule has 1 aromatic rings. The summed E-state index contributed by atoms with van der Waals surface area (Å²) in [7, 11) is 0. The molecule has 0 radical (unpaired) electrons. The topological polar surface area (TPSA) is 66.4 Å². The number of amides is 1. The summed E-state index contributed by atoms with van der Waals surface area (Å²) >= 11 is 0. The van der Waals surface area contributed by atoms with Gasteiger partial charge in [0.05, 0.1) is 5.56 Å². The number of aromatic carboxylic acids is 1. The summed E-state index contributed by atoms with van der Waals surface area (Å²) in [6.45, 7) is 2.14. The van der Waals surface area contributed by atoms with E-state index in [0.717, 1.165) is 19.3 Å². The number of carboxylic acids is 1. The SMILES string of the molecule is CC1=C(C=C2C(=O)Nc3ccc(C(=O)O)cc32)CC2=C1CCCC2. The number of rotatable bonds is 2. The van der Waals surface area contributed by atoms with Gasteiger partial charge in [0.25, 0.3) is 5.91 Å². The highest BCUT2D eigenvalue weighted by Gasteiger charge is 2.28. The van der Waals surface area contributed by atoms with Crippen LogP contribution in [-0.4, -0.2) is 17.0 Å². The van der Waals surface area contributed by atoms with Crippen molar-refractivity contribution in [1.29, 1.82) is 0 Å². The van der Waals surface area contributed by atoms with Crippen molar-refractivity contribution in [3.05, 3.63) is 57.7 Å². The van der Waals surface area contributed by atoms with Crippen molar-refractivity contribution in [2.75, 3.05) is 5.32 Å². The first-order chi connectivity index (χ1) is 11.5. The maximum absolute atomic E-state index is 12.4. The molecule has 4 heteroatoms. The first-order valence-electron chi connectivity index (χ1n) is 8.36. The van der Waals surface area contributed by atoms with Crippen LogP contribution in [0, 0.1) is 0 Å². The molecule has 2 N–H and O–H groups in total. The molecule has 0 saturated carbocycles. The molecule has 3 aliphatic rings. The van der Waals surface area contributed by atoms with E-state index in [1.807, 2.05) is 6.08 Å². The standard InChI is InChI=1S/C20H19NO3/c1-11-14(8-12-4-2-3-5-15(11)12)10-17-16-9-13(20(23)24)6-7-18(16)21-19(17)22/h6-7,9-10H,2-5,8H2,1H3,(H,21,22)(H,23,24). The molecule has 4 nitrogen and oxygen atoms in total. The molecule has 0 saturated heterocycles. The molecule has 1 aliphatic heterocycles. The summed E-state index contributed by atoms with van der Waals surface area (Å²) in [5.74, 6) is -1.14. The summed E-state index contributed by atoms with van der Waals surface area (Å²) in [6.07, 6.45) is 7.67. The first kappa shape index (κ1) is 14.9. The van der Waals surface area contributed by atoms with Crippen LogP contribution in [0.4, 0.5) is 5.69 Å². The normalized spacial score (nSPS) is 21.2. The van der Waals surface area contributed by atoms with E-state index in [1.54, 1.807) is 12.1 Å². The molecule has 2 aliphatic carbocycles. The highest BCUT2D eigenvalue weighted by atomic mass is 16.4. The van der Waals surface area contributed by atoms with Gasteiger partial charge in [0, 0.05) is 16.8 Å². The molecule has 1 aromatic carbocycles. The summed E-state index contributed by atoms with van der Waals surface area (Å²) in [6, 6.07) is 4.76. The third-order valence-electron chi connectivity index (χ3n) is 5.29. The van der Waals surface area contributed by atoms with Gasteiger partial charge < -0.3 is 10.4 Å². The van der Waals surface area contributed by atoms with Gasteiger partial charge in [-0.05, 0) is 80.0 Å². The van der Waals surface area contributed by atoms with Crippen LogP contribution in [0.25, 0.3) is 5.57 Å². The minimum atomic E-state index is -0.982. The minimum absolute atomic E-state index is 0.155. The second-order valence-electron chi connectivity index (χ2n) is 6.69. The number of carbonyl (C=O) groups excluding carboxylic acids is 1. The van der Waals surface area contributed by atoms with Gasteiger partial charge in [-0.3, -0.25) is 4.79 Å². The van der Waals surface area contributed by atoms with Crippen LogP contribution in [0.1, 0.15) is 54.9 Å². The summed E-state index contributed by atoms with van der Waals surface area (Å²) in [5, 5.41) is 12.0. The van der Waals surface area contributed by atoms with Crippen LogP contribution in [0.5, 0.6) is 0 Å². The molecular formula is C20H19NO3. The third kappa shape index (κ3) is 2.30. The second-order valence-corrected chi connectivity index (χ2v) is 6.69. The molecule has 1 heterocycles. The van der Waals surface area contributed by atoms with E-state index in [1.165, 1.54) is 41.2 Å². The Hall–Kier alpha value is -2.62. The van der Waals surface area contributed by atoms with Crippen molar-refractivity contribution in [3.63, 3.8) is 0 Å². The van der Waals surface area contributed by atoms with Gasteiger partial charge in [-0.25, -0.2) is 4.79 Å². The fourth-order valence-corrected chi connectivity index (χ4v) is 3.97. The largest absolute Gasteiger partial charge is 0.478 e. The van der Waals surface area contributed by atoms with Crippen molar-refractivity contribution in [3.8, 4) is 0 Å². The van der Waals surface area contributed by atoms with Crippen LogP contribution >= 0.6 is 0 Å². The quantitative estimate of drug-likeness (QED) is 0.798. The Kier molecular flexibility index (Phi) is 3.41. The van der Waals surface area contributed by atoms with Crippen molar-refractivity contribution in [2.45, 2.75) is 39.0 Å². The Morgan fingerprint density at radius 3 is 2.79 bits per heavy atom. The average molecular weight is 321 g/mol. The lowest BCUT2D eigenvalue weighted by Gasteiger charge is -2.14. The van der Waals surface area contributed by atoms with Crippen LogP contribution in [0.2, 0.25) is 0 Å². The predicted molar refractivity (Wildman–Crippen MR) is 92.8 cm³/mol. The maximum Gasteiger partial charge on any atom is 0.335 e. The molecule has 4 rings (SSSR count). The molecule has 0 unspecified atom stereocenters. The highest BCUT2D eigenvalue weighted by molar-refractivity contribution is 6.32. The number of carboxylic acid groups (broad SMARTS) is 1. The molecule has 122 valence electrons. The predicted octanol–water partition coefficient (Wildman–Crippen LogP) is 4.31. The Labute approximate surface area is 140 Å². The lowest BCUT2D eigenvalue weighted by Crippen LogP contribution is -2.04. The lowest BCUT2D eigenvalue weighted by molar-refractivity contribution is -0.110. The average Bonchev–Trinajstić information content (AvgIpc) is 3.05. The smallest absolute Gasteiger partial charge is 0.335 e. The van der Waals surface area contributed by atoms with E-state index in [9.17, 15) is 14.7 Å². The van der Waals surface area contributed by atoms with Gasteiger partial charge >= 0.3 is 5.97 Å². The minimum Gasteiger partial charge on any atom is -0.478 e. The van der Waals surface area contributed by atoms with E-state index in [0.29, 0.717) is 16.8 Å². The molecule has 0 atom stereocenters. The van der Waals surface area contributed by atoms with Crippen LogP contribution < -0.4 is 5.32 Å². The second kappa shape index (κ2) is 5.48. The number of anilines is 1. The van der Waals surface area contributed by atoms with Gasteiger partial charge in [0.15, 0.2) is 0 Å². The molecule has 0 fully saturated rings. The number of allylic oxidation sites excluding steroid dienone is 5. The Morgan fingerprint density at radius 2 is 2.04 bits per heavy atom. The van der Waals surface area contributed by atoms with Crippen molar-refractivity contribution in [2.24, 2.45) is 0 Å². The Morgan fingerprint density at radius 1 is 1.25 bits per heavy atom. The molecule has 0 spiro atoms. The number of hydrogen-bond acceptors (Lipinski definition) is 2. The van der Waals surface area contributed by atoms with Gasteiger partial charge in [-0.1, -0.05) is 5.57 Å². The lowest BCUT2D eigenvalue weighted by atomic mass is 9.91. The van der Waals surface area contributed by atoms with Crippen molar-refractivity contribution >= 4 is 23.1 Å². The van der Waals surface area contributed by atoms with Crippen molar-refractivity contribution < 1.29 is 14.7 Å². The third-order valence-corrected chi connectivity index (χ3v) is 5.29. The fraction of sp³-hybridized carbons (Fsp3) is 0.300. The number of carbonyl (C=O) groups is 2. The number of nitrogens with one attached hydrogen (secondary N) is 1. The summed E-state index contributed by atoms with van der Waals surface area (Å²) in [5.41, 5.74) is 7.63. The zero-order chi connectivity index (χ0) is 16.8. The monoisotopic (exact) mass is 321 g/mol. The molecule has 0 bridgehead atoms. The van der Waals surface area contributed by atoms with E-state index < -0.39 is 5.97 Å². The fourth-order valence-electron chi connectivity index (χ4n) is 3.97. The zero-order valence-corrected chi connectivity index (χ0v) is 13.6. The first-order valence-corrected chi connectivity index (χ1v) is 8.36. The Balaban J connectivity index is 1.75. The number of benzene rings is 1. The summed E-state index contributed by atoms with van der Waals surface area (Å²) in [4.78, 5) is 23.6. The highest BCUT2D eigenvalue weighted by Crippen LogP contribution is 2.43. The number of hydrogen-bond donors (Lipinski definition) is 2. The van der Waals surface area contributed by atoms with Gasteiger partial charge in [-0.15, -0.1) is 0 Å². The Bertz CT molecular complexity index is 871. The molecule has 1 amide bonds.